The predicted molar refractivity (Wildman–Crippen MR) is 113 cm³/mol. The van der Waals surface area contributed by atoms with Gasteiger partial charge in [0.2, 0.25) is 0 Å². The Kier molecular flexibility index (Phi) is 5.24. The number of nitrogens with zero attached hydrogens (tertiary/aromatic N) is 2. The lowest BCUT2D eigenvalue weighted by molar-refractivity contribution is -0.141. The van der Waals surface area contributed by atoms with E-state index in [1.54, 1.807) is 0 Å². The van der Waals surface area contributed by atoms with E-state index in [2.05, 4.69) is 9.97 Å². The van der Waals surface area contributed by atoms with Gasteiger partial charge in [-0.1, -0.05) is 60.7 Å². The quantitative estimate of drug-likeness (QED) is 0.413. The molecule has 0 radical (unpaired) electrons. The number of anilines is 1. The second kappa shape index (κ2) is 7.86. The van der Waals surface area contributed by atoms with Gasteiger partial charge in [-0.2, -0.15) is 13.2 Å². The Morgan fingerprint density at radius 1 is 0.867 bits per heavy atom. The van der Waals surface area contributed by atoms with Gasteiger partial charge < -0.3 is 9.88 Å². The van der Waals surface area contributed by atoms with Crippen LogP contribution in [0.2, 0.25) is 0 Å². The van der Waals surface area contributed by atoms with Gasteiger partial charge in [0.25, 0.3) is 0 Å². The van der Waals surface area contributed by atoms with Crippen LogP contribution in [0.4, 0.5) is 19.0 Å². The number of alkyl halides is 3. The standard InChI is InChI=1S/C24H22F3N3/c1-16-17(2)28-22-20(16)13-21(24(25,26)27)29-23(22)30(14-18-9-5-3-6-10-18)15-19-11-7-4-8-12-19/h3-13,28H,14-15H2,1-2H3. The van der Waals surface area contributed by atoms with Crippen molar-refractivity contribution in [1.82, 2.24) is 9.97 Å². The highest BCUT2D eigenvalue weighted by Crippen LogP contribution is 2.36. The molecular formula is C24H22F3N3. The van der Waals surface area contributed by atoms with Crippen LogP contribution in [0.1, 0.15) is 28.1 Å². The zero-order chi connectivity index (χ0) is 21.3. The van der Waals surface area contributed by atoms with E-state index in [9.17, 15) is 13.2 Å². The Bertz CT molecular complexity index is 1110. The predicted octanol–water partition coefficient (Wildman–Crippen LogP) is 6.41. The molecule has 0 aliphatic rings. The molecule has 0 bridgehead atoms. The molecule has 0 amide bonds. The smallest absolute Gasteiger partial charge is 0.355 e. The number of fused-ring (bicyclic) bond motifs is 1. The van der Waals surface area contributed by atoms with Gasteiger partial charge in [-0.15, -0.1) is 0 Å². The highest BCUT2D eigenvalue weighted by molar-refractivity contribution is 5.93. The fourth-order valence-electron chi connectivity index (χ4n) is 3.62. The minimum absolute atomic E-state index is 0.309. The number of pyridine rings is 1. The molecule has 3 nitrogen and oxygen atoms in total. The summed E-state index contributed by atoms with van der Waals surface area (Å²) in [4.78, 5) is 9.24. The highest BCUT2D eigenvalue weighted by atomic mass is 19.4. The zero-order valence-corrected chi connectivity index (χ0v) is 16.8. The van der Waals surface area contributed by atoms with Crippen LogP contribution in [0, 0.1) is 13.8 Å². The van der Waals surface area contributed by atoms with Crippen LogP contribution in [-0.2, 0) is 19.3 Å². The van der Waals surface area contributed by atoms with E-state index < -0.39 is 11.9 Å². The molecule has 2 heterocycles. The monoisotopic (exact) mass is 409 g/mol. The van der Waals surface area contributed by atoms with Gasteiger partial charge in [0.15, 0.2) is 5.82 Å². The summed E-state index contributed by atoms with van der Waals surface area (Å²) in [6.07, 6.45) is -4.52. The fraction of sp³-hybridized carbons (Fsp3) is 0.208. The van der Waals surface area contributed by atoms with Crippen LogP contribution >= 0.6 is 0 Å². The molecule has 0 atom stereocenters. The first-order valence-corrected chi connectivity index (χ1v) is 9.73. The number of aromatic nitrogens is 2. The molecule has 2 aromatic heterocycles. The molecule has 2 aromatic carbocycles. The number of halogens is 3. The van der Waals surface area contributed by atoms with Gasteiger partial charge in [0, 0.05) is 24.2 Å². The van der Waals surface area contributed by atoms with Crippen LogP contribution in [0.5, 0.6) is 0 Å². The number of benzene rings is 2. The minimum atomic E-state index is -4.52. The van der Waals surface area contributed by atoms with Crippen molar-refractivity contribution in [3.63, 3.8) is 0 Å². The summed E-state index contributed by atoms with van der Waals surface area (Å²) in [5.41, 5.74) is 3.40. The fourth-order valence-corrected chi connectivity index (χ4v) is 3.62. The summed E-state index contributed by atoms with van der Waals surface area (Å²) in [6, 6.07) is 20.5. The van der Waals surface area contributed by atoms with E-state index >= 15 is 0 Å². The normalized spacial score (nSPS) is 11.8. The molecule has 0 saturated carbocycles. The molecule has 0 fully saturated rings. The average molecular weight is 409 g/mol. The Morgan fingerprint density at radius 2 is 1.40 bits per heavy atom. The van der Waals surface area contributed by atoms with Crippen LogP contribution in [0.15, 0.2) is 66.7 Å². The van der Waals surface area contributed by atoms with Crippen molar-refractivity contribution in [1.29, 1.82) is 0 Å². The third-order valence-electron chi connectivity index (χ3n) is 5.30. The molecule has 0 spiro atoms. The molecular weight excluding hydrogens is 387 g/mol. The molecule has 1 N–H and O–H groups in total. The molecule has 154 valence electrons. The van der Waals surface area contributed by atoms with Crippen LogP contribution in [-0.4, -0.2) is 9.97 Å². The highest BCUT2D eigenvalue weighted by Gasteiger charge is 2.34. The lowest BCUT2D eigenvalue weighted by Crippen LogP contribution is -2.24. The summed E-state index contributed by atoms with van der Waals surface area (Å²) in [5, 5.41) is 0.552. The van der Waals surface area contributed by atoms with E-state index in [1.165, 1.54) is 0 Å². The summed E-state index contributed by atoms with van der Waals surface area (Å²) in [7, 11) is 0. The lowest BCUT2D eigenvalue weighted by atomic mass is 10.1. The van der Waals surface area contributed by atoms with Crippen molar-refractivity contribution in [3.8, 4) is 0 Å². The number of H-pyrrole nitrogens is 1. The van der Waals surface area contributed by atoms with E-state index in [0.29, 0.717) is 29.8 Å². The Morgan fingerprint density at radius 3 is 1.90 bits per heavy atom. The summed E-state index contributed by atoms with van der Waals surface area (Å²) in [6.45, 7) is 4.58. The summed E-state index contributed by atoms with van der Waals surface area (Å²) in [5.74, 6) is 0.309. The second-order valence-electron chi connectivity index (χ2n) is 7.45. The third kappa shape index (κ3) is 4.03. The SMILES string of the molecule is Cc1[nH]c2c(N(Cc3ccccc3)Cc3ccccc3)nc(C(F)(F)F)cc2c1C. The first-order chi connectivity index (χ1) is 14.3. The average Bonchev–Trinajstić information content (AvgIpc) is 3.02. The first kappa shape index (κ1) is 20.0. The van der Waals surface area contributed by atoms with Crippen molar-refractivity contribution in [2.75, 3.05) is 4.90 Å². The number of nitrogens with one attached hydrogen (secondary N) is 1. The van der Waals surface area contributed by atoms with E-state index in [0.717, 1.165) is 28.5 Å². The molecule has 4 aromatic rings. The number of hydrogen-bond donors (Lipinski definition) is 1. The molecule has 30 heavy (non-hydrogen) atoms. The van der Waals surface area contributed by atoms with Gasteiger partial charge in [0.05, 0.1) is 5.52 Å². The molecule has 0 aliphatic carbocycles. The number of aryl methyl sites for hydroxylation is 2. The van der Waals surface area contributed by atoms with Gasteiger partial charge >= 0.3 is 6.18 Å². The van der Waals surface area contributed by atoms with Crippen LogP contribution < -0.4 is 4.90 Å². The topological polar surface area (TPSA) is 31.9 Å². The van der Waals surface area contributed by atoms with Crippen molar-refractivity contribution < 1.29 is 13.2 Å². The maximum absolute atomic E-state index is 13.7. The third-order valence-corrected chi connectivity index (χ3v) is 5.30. The maximum Gasteiger partial charge on any atom is 0.433 e. The Balaban J connectivity index is 1.89. The van der Waals surface area contributed by atoms with Crippen molar-refractivity contribution >= 4 is 16.7 Å². The van der Waals surface area contributed by atoms with E-state index in [4.69, 9.17) is 0 Å². The molecule has 6 heteroatoms. The van der Waals surface area contributed by atoms with Crippen molar-refractivity contribution in [2.24, 2.45) is 0 Å². The molecule has 0 saturated heterocycles. The van der Waals surface area contributed by atoms with Gasteiger partial charge in [0.1, 0.15) is 5.69 Å². The van der Waals surface area contributed by atoms with Crippen LogP contribution in [0.25, 0.3) is 10.9 Å². The summed E-state index contributed by atoms with van der Waals surface area (Å²) >= 11 is 0. The molecule has 4 rings (SSSR count). The lowest BCUT2D eigenvalue weighted by Gasteiger charge is -2.25. The largest absolute Gasteiger partial charge is 0.433 e. The second-order valence-corrected chi connectivity index (χ2v) is 7.45. The molecule has 0 unspecified atom stereocenters. The Labute approximate surface area is 173 Å². The van der Waals surface area contributed by atoms with Crippen LogP contribution in [0.3, 0.4) is 0 Å². The number of hydrogen-bond acceptors (Lipinski definition) is 2. The Hall–Kier alpha value is -3.28. The summed E-state index contributed by atoms with van der Waals surface area (Å²) < 4.78 is 41.0. The number of aromatic amines is 1. The van der Waals surface area contributed by atoms with Crippen molar-refractivity contribution in [2.45, 2.75) is 33.1 Å². The minimum Gasteiger partial charge on any atom is -0.355 e. The van der Waals surface area contributed by atoms with Gasteiger partial charge in [-0.25, -0.2) is 4.98 Å². The van der Waals surface area contributed by atoms with E-state index in [-0.39, 0.29) is 0 Å². The van der Waals surface area contributed by atoms with Gasteiger partial charge in [-0.3, -0.25) is 0 Å². The molecule has 0 aliphatic heterocycles. The van der Waals surface area contributed by atoms with Gasteiger partial charge in [-0.05, 0) is 36.6 Å². The van der Waals surface area contributed by atoms with E-state index in [1.807, 2.05) is 79.4 Å². The first-order valence-electron chi connectivity index (χ1n) is 9.73. The zero-order valence-electron chi connectivity index (χ0n) is 16.8. The van der Waals surface area contributed by atoms with Crippen molar-refractivity contribution in [3.05, 3.63) is 94.8 Å². The maximum atomic E-state index is 13.7. The number of rotatable bonds is 5.